The molecule has 0 spiro atoms. The summed E-state index contributed by atoms with van der Waals surface area (Å²) in [4.78, 5) is 13.2. The summed E-state index contributed by atoms with van der Waals surface area (Å²) in [5, 5.41) is 0. The van der Waals surface area contributed by atoms with Gasteiger partial charge in [-0.3, -0.25) is 4.79 Å². The zero-order chi connectivity index (χ0) is 12.3. The summed E-state index contributed by atoms with van der Waals surface area (Å²) in [5.41, 5.74) is 10.3. The Labute approximate surface area is 93.0 Å². The molecule has 1 amide bonds. The van der Waals surface area contributed by atoms with Crippen LogP contribution < -0.4 is 11.5 Å². The van der Waals surface area contributed by atoms with Crippen molar-refractivity contribution in [2.24, 2.45) is 16.9 Å². The fourth-order valence-corrected chi connectivity index (χ4v) is 1.44. The van der Waals surface area contributed by atoms with Gasteiger partial charge in [0.25, 0.3) is 0 Å². The van der Waals surface area contributed by atoms with Crippen LogP contribution in [0.5, 0.6) is 0 Å². The van der Waals surface area contributed by atoms with Crippen molar-refractivity contribution in [3.63, 3.8) is 0 Å². The van der Waals surface area contributed by atoms with E-state index in [9.17, 15) is 4.79 Å². The Hall–Kier alpha value is -0.610. The number of carbonyl (C=O) groups excluding carboxylic acids is 1. The van der Waals surface area contributed by atoms with E-state index in [2.05, 4.69) is 25.7 Å². The summed E-state index contributed by atoms with van der Waals surface area (Å²) in [7, 11) is 2.03. The van der Waals surface area contributed by atoms with Gasteiger partial charge in [-0.15, -0.1) is 0 Å². The highest BCUT2D eigenvalue weighted by Crippen LogP contribution is 2.15. The van der Waals surface area contributed by atoms with E-state index in [1.807, 2.05) is 7.05 Å². The van der Waals surface area contributed by atoms with Gasteiger partial charge in [0.1, 0.15) is 0 Å². The number of rotatable bonds is 5. The highest BCUT2D eigenvalue weighted by atomic mass is 16.1. The van der Waals surface area contributed by atoms with Gasteiger partial charge in [0.05, 0.1) is 5.54 Å². The van der Waals surface area contributed by atoms with E-state index in [1.54, 1.807) is 6.92 Å². The molecule has 0 aromatic heterocycles. The number of carbonyl (C=O) groups is 1. The molecule has 4 nitrogen and oxygen atoms in total. The second-order valence-corrected chi connectivity index (χ2v) is 5.83. The number of primary amides is 1. The van der Waals surface area contributed by atoms with Gasteiger partial charge in [0.15, 0.2) is 0 Å². The van der Waals surface area contributed by atoms with E-state index >= 15 is 0 Å². The van der Waals surface area contributed by atoms with Crippen LogP contribution in [0.2, 0.25) is 0 Å². The van der Waals surface area contributed by atoms with Gasteiger partial charge < -0.3 is 16.4 Å². The maximum Gasteiger partial charge on any atom is 0.237 e. The number of nitrogens with two attached hydrogens (primary N) is 2. The fourth-order valence-electron chi connectivity index (χ4n) is 1.44. The number of amides is 1. The van der Waals surface area contributed by atoms with Crippen molar-refractivity contribution in [1.29, 1.82) is 0 Å². The first-order valence-corrected chi connectivity index (χ1v) is 5.32. The summed E-state index contributed by atoms with van der Waals surface area (Å²) in [6.07, 6.45) is 0.592. The molecule has 0 bridgehead atoms. The normalized spacial score (nSPS) is 16.5. The molecule has 0 aromatic carbocycles. The molecule has 0 aromatic rings. The average molecular weight is 215 g/mol. The van der Waals surface area contributed by atoms with E-state index < -0.39 is 11.4 Å². The van der Waals surface area contributed by atoms with Gasteiger partial charge in [0, 0.05) is 13.1 Å². The Morgan fingerprint density at radius 2 is 1.73 bits per heavy atom. The molecule has 4 N–H and O–H groups in total. The van der Waals surface area contributed by atoms with Gasteiger partial charge in [-0.2, -0.15) is 0 Å². The Morgan fingerprint density at radius 1 is 1.27 bits per heavy atom. The largest absolute Gasteiger partial charge is 0.368 e. The highest BCUT2D eigenvalue weighted by Gasteiger charge is 2.26. The molecular weight excluding hydrogens is 190 g/mol. The Bertz CT molecular complexity index is 218. The quantitative estimate of drug-likeness (QED) is 0.703. The third-order valence-electron chi connectivity index (χ3n) is 2.32. The lowest BCUT2D eigenvalue weighted by Crippen LogP contribution is -2.51. The topological polar surface area (TPSA) is 72.3 Å². The van der Waals surface area contributed by atoms with Crippen LogP contribution in [0, 0.1) is 5.41 Å². The van der Waals surface area contributed by atoms with Crippen LogP contribution in [0.1, 0.15) is 34.1 Å². The molecule has 90 valence electrons. The summed E-state index contributed by atoms with van der Waals surface area (Å²) in [5.74, 6) is -0.438. The molecular formula is C11H25N3O. The predicted octanol–water partition coefficient (Wildman–Crippen LogP) is 0.557. The molecule has 0 rings (SSSR count). The van der Waals surface area contributed by atoms with E-state index in [1.165, 1.54) is 0 Å². The summed E-state index contributed by atoms with van der Waals surface area (Å²) < 4.78 is 0. The van der Waals surface area contributed by atoms with Crippen LogP contribution in [-0.4, -0.2) is 36.5 Å². The van der Waals surface area contributed by atoms with Crippen LogP contribution in [0.15, 0.2) is 0 Å². The molecule has 0 aliphatic heterocycles. The second-order valence-electron chi connectivity index (χ2n) is 5.83. The van der Waals surface area contributed by atoms with Crippen LogP contribution in [-0.2, 0) is 4.79 Å². The highest BCUT2D eigenvalue weighted by molar-refractivity contribution is 5.83. The van der Waals surface area contributed by atoms with Gasteiger partial charge >= 0.3 is 0 Å². The van der Waals surface area contributed by atoms with E-state index in [-0.39, 0.29) is 5.41 Å². The molecule has 0 aliphatic carbocycles. The second kappa shape index (κ2) is 4.94. The third kappa shape index (κ3) is 6.47. The first-order valence-electron chi connectivity index (χ1n) is 5.32. The van der Waals surface area contributed by atoms with Crippen molar-refractivity contribution in [3.8, 4) is 0 Å². The van der Waals surface area contributed by atoms with Crippen molar-refractivity contribution in [1.82, 2.24) is 4.90 Å². The first-order chi connectivity index (χ1) is 6.54. The Balaban J connectivity index is 4.01. The summed E-state index contributed by atoms with van der Waals surface area (Å²) in [6.45, 7) is 9.98. The average Bonchev–Trinajstić information content (AvgIpc) is 1.97. The zero-order valence-electron chi connectivity index (χ0n) is 10.6. The van der Waals surface area contributed by atoms with Crippen molar-refractivity contribution in [3.05, 3.63) is 0 Å². The van der Waals surface area contributed by atoms with Gasteiger partial charge in [-0.25, -0.2) is 0 Å². The zero-order valence-corrected chi connectivity index (χ0v) is 10.6. The third-order valence-corrected chi connectivity index (χ3v) is 2.32. The SMILES string of the molecule is CN(CCC(C)(N)C(N)=O)CC(C)(C)C. The van der Waals surface area contributed by atoms with Crippen molar-refractivity contribution < 1.29 is 4.79 Å². The van der Waals surface area contributed by atoms with Crippen LogP contribution in [0.3, 0.4) is 0 Å². The molecule has 0 radical (unpaired) electrons. The molecule has 4 heteroatoms. The van der Waals surface area contributed by atoms with Crippen LogP contribution in [0.25, 0.3) is 0 Å². The molecule has 0 heterocycles. The first kappa shape index (κ1) is 14.4. The number of hydrogen-bond acceptors (Lipinski definition) is 3. The minimum Gasteiger partial charge on any atom is -0.368 e. The molecule has 1 atom stereocenters. The molecule has 0 saturated heterocycles. The Morgan fingerprint density at radius 3 is 2.07 bits per heavy atom. The monoisotopic (exact) mass is 215 g/mol. The van der Waals surface area contributed by atoms with Gasteiger partial charge in [-0.1, -0.05) is 20.8 Å². The van der Waals surface area contributed by atoms with Crippen molar-refractivity contribution in [2.75, 3.05) is 20.1 Å². The predicted molar refractivity (Wildman–Crippen MR) is 63.4 cm³/mol. The van der Waals surface area contributed by atoms with Crippen LogP contribution in [0.4, 0.5) is 0 Å². The lowest BCUT2D eigenvalue weighted by atomic mass is 9.94. The molecule has 0 saturated carbocycles. The minimum atomic E-state index is -0.897. The van der Waals surface area contributed by atoms with Gasteiger partial charge in [-0.05, 0) is 25.8 Å². The lowest BCUT2D eigenvalue weighted by Gasteiger charge is -2.29. The Kier molecular flexibility index (Phi) is 4.74. The van der Waals surface area contributed by atoms with E-state index in [0.717, 1.165) is 13.1 Å². The van der Waals surface area contributed by atoms with E-state index in [0.29, 0.717) is 6.42 Å². The standard InChI is InChI=1S/C11H25N3O/c1-10(2,3)8-14(5)7-6-11(4,13)9(12)15/h6-8,13H2,1-5H3,(H2,12,15). The van der Waals surface area contributed by atoms with Crippen molar-refractivity contribution in [2.45, 2.75) is 39.7 Å². The smallest absolute Gasteiger partial charge is 0.237 e. The number of hydrogen-bond donors (Lipinski definition) is 2. The minimum absolute atomic E-state index is 0.256. The maximum absolute atomic E-state index is 11.0. The summed E-state index contributed by atoms with van der Waals surface area (Å²) >= 11 is 0. The molecule has 1 unspecified atom stereocenters. The molecule has 0 fully saturated rings. The number of nitrogens with zero attached hydrogens (tertiary/aromatic N) is 1. The lowest BCUT2D eigenvalue weighted by molar-refractivity contribution is -0.122. The van der Waals surface area contributed by atoms with Crippen molar-refractivity contribution >= 4 is 5.91 Å². The van der Waals surface area contributed by atoms with Crippen LogP contribution >= 0.6 is 0 Å². The molecule has 0 aliphatic rings. The maximum atomic E-state index is 11.0. The van der Waals surface area contributed by atoms with E-state index in [4.69, 9.17) is 11.5 Å². The summed E-state index contributed by atoms with van der Waals surface area (Å²) in [6, 6.07) is 0. The molecule has 15 heavy (non-hydrogen) atoms. The van der Waals surface area contributed by atoms with Gasteiger partial charge in [0.2, 0.25) is 5.91 Å². The fraction of sp³-hybridized carbons (Fsp3) is 0.909.